The van der Waals surface area contributed by atoms with Gasteiger partial charge in [-0.2, -0.15) is 0 Å². The number of nitrogens with one attached hydrogen (secondary N) is 1. The smallest absolute Gasteiger partial charge is 0.0676 e. The number of anilines is 1. The van der Waals surface area contributed by atoms with E-state index in [4.69, 9.17) is 0 Å². The molecule has 0 aliphatic heterocycles. The van der Waals surface area contributed by atoms with Gasteiger partial charge in [0.05, 0.1) is 6.67 Å². The lowest BCUT2D eigenvalue weighted by molar-refractivity contribution is 0.589. The van der Waals surface area contributed by atoms with Crippen molar-refractivity contribution in [3.8, 4) is 0 Å². The van der Waals surface area contributed by atoms with Gasteiger partial charge >= 0.3 is 0 Å². The first-order valence-electron chi connectivity index (χ1n) is 6.25. The molecule has 96 valence electrons. The van der Waals surface area contributed by atoms with Crippen LogP contribution in [0.5, 0.6) is 0 Å². The lowest BCUT2D eigenvalue weighted by atomic mass is 9.84. The Hall–Kier alpha value is -1.02. The topological polar surface area (TPSA) is 15.3 Å². The number of rotatable bonds is 3. The van der Waals surface area contributed by atoms with Crippen molar-refractivity contribution in [1.82, 2.24) is 5.32 Å². The molecule has 0 fully saturated rings. The zero-order valence-corrected chi connectivity index (χ0v) is 12.3. The zero-order valence-electron chi connectivity index (χ0n) is 12.3. The largest absolute Gasteiger partial charge is 0.361 e. The van der Waals surface area contributed by atoms with E-state index in [0.29, 0.717) is 0 Å². The molecule has 2 nitrogen and oxygen atoms in total. The molecule has 0 radical (unpaired) electrons. The number of aryl methyl sites for hydroxylation is 2. The Morgan fingerprint density at radius 1 is 1.12 bits per heavy atom. The third-order valence-corrected chi connectivity index (χ3v) is 3.13. The van der Waals surface area contributed by atoms with Gasteiger partial charge in [0.1, 0.15) is 0 Å². The molecule has 0 aliphatic rings. The highest BCUT2D eigenvalue weighted by Gasteiger charge is 2.17. The summed E-state index contributed by atoms with van der Waals surface area (Å²) in [6, 6.07) is 4.63. The molecule has 17 heavy (non-hydrogen) atoms. The summed E-state index contributed by atoms with van der Waals surface area (Å²) in [6.45, 7) is 12.1. The zero-order chi connectivity index (χ0) is 13.2. The van der Waals surface area contributed by atoms with E-state index in [2.05, 4.69) is 64.0 Å². The van der Waals surface area contributed by atoms with Gasteiger partial charge in [-0.3, -0.25) is 0 Å². The summed E-state index contributed by atoms with van der Waals surface area (Å²) in [6.07, 6.45) is 0. The van der Waals surface area contributed by atoms with Gasteiger partial charge in [-0.25, -0.2) is 0 Å². The summed E-state index contributed by atoms with van der Waals surface area (Å²) in [7, 11) is 4.10. The van der Waals surface area contributed by atoms with Crippen molar-refractivity contribution in [2.45, 2.75) is 40.0 Å². The van der Waals surface area contributed by atoms with E-state index >= 15 is 0 Å². The predicted molar refractivity (Wildman–Crippen MR) is 76.9 cm³/mol. The maximum absolute atomic E-state index is 3.19. The van der Waals surface area contributed by atoms with Crippen LogP contribution in [-0.4, -0.2) is 20.8 Å². The van der Waals surface area contributed by atoms with Crippen molar-refractivity contribution < 1.29 is 0 Å². The molecule has 0 unspecified atom stereocenters. The van der Waals surface area contributed by atoms with Gasteiger partial charge in [0.25, 0.3) is 0 Å². The fourth-order valence-corrected chi connectivity index (χ4v) is 2.31. The average Bonchev–Trinajstić information content (AvgIpc) is 2.15. The standard InChI is InChI=1S/C15H26N2/c1-11-8-13(15(3,4)5)9-12(2)14(11)17(7)10-16-6/h8-9,16H,10H2,1-7H3. The summed E-state index contributed by atoms with van der Waals surface area (Å²) in [5, 5.41) is 3.19. The van der Waals surface area contributed by atoms with Crippen LogP contribution in [0.3, 0.4) is 0 Å². The minimum Gasteiger partial charge on any atom is -0.361 e. The molecule has 1 rings (SSSR count). The van der Waals surface area contributed by atoms with Gasteiger partial charge in [0.2, 0.25) is 0 Å². The molecule has 1 N–H and O–H groups in total. The number of nitrogens with zero attached hydrogens (tertiary/aromatic N) is 1. The molecule has 2 heteroatoms. The predicted octanol–water partition coefficient (Wildman–Crippen LogP) is 3.21. The van der Waals surface area contributed by atoms with Crippen LogP contribution in [0.25, 0.3) is 0 Å². The van der Waals surface area contributed by atoms with Crippen LogP contribution in [0.4, 0.5) is 5.69 Å². The fourth-order valence-electron chi connectivity index (χ4n) is 2.31. The maximum Gasteiger partial charge on any atom is 0.0676 e. The van der Waals surface area contributed by atoms with Gasteiger partial charge in [0, 0.05) is 12.7 Å². The molecule has 0 aliphatic carbocycles. The van der Waals surface area contributed by atoms with Gasteiger partial charge < -0.3 is 10.2 Å². The highest BCUT2D eigenvalue weighted by molar-refractivity contribution is 5.60. The molecule has 0 saturated carbocycles. The second-order valence-electron chi connectivity index (χ2n) is 5.92. The molecule has 0 atom stereocenters. The molecule has 0 bridgehead atoms. The fraction of sp³-hybridized carbons (Fsp3) is 0.600. The van der Waals surface area contributed by atoms with E-state index in [1.807, 2.05) is 7.05 Å². The molecule has 0 saturated heterocycles. The van der Waals surface area contributed by atoms with Crippen LogP contribution in [0.2, 0.25) is 0 Å². The lowest BCUT2D eigenvalue weighted by Gasteiger charge is -2.27. The first-order valence-corrected chi connectivity index (χ1v) is 6.25. The van der Waals surface area contributed by atoms with Crippen molar-refractivity contribution in [2.24, 2.45) is 0 Å². The Balaban J connectivity index is 3.20. The quantitative estimate of drug-likeness (QED) is 0.808. The second kappa shape index (κ2) is 5.09. The van der Waals surface area contributed by atoms with E-state index in [0.717, 1.165) is 6.67 Å². The third-order valence-electron chi connectivity index (χ3n) is 3.13. The molecular weight excluding hydrogens is 208 g/mol. The number of hydrogen-bond acceptors (Lipinski definition) is 2. The first kappa shape index (κ1) is 14.0. The number of benzene rings is 1. The summed E-state index contributed by atoms with van der Waals surface area (Å²) in [5.41, 5.74) is 5.68. The van der Waals surface area contributed by atoms with E-state index in [-0.39, 0.29) is 5.41 Å². The average molecular weight is 234 g/mol. The van der Waals surface area contributed by atoms with Crippen LogP contribution >= 0.6 is 0 Å². The molecule has 1 aromatic carbocycles. The van der Waals surface area contributed by atoms with Crippen LogP contribution in [-0.2, 0) is 5.41 Å². The lowest BCUT2D eigenvalue weighted by Crippen LogP contribution is -2.29. The SMILES string of the molecule is CNCN(C)c1c(C)cc(C(C)(C)C)cc1C. The highest BCUT2D eigenvalue weighted by Crippen LogP contribution is 2.30. The van der Waals surface area contributed by atoms with Gasteiger partial charge in [0.15, 0.2) is 0 Å². The Kier molecular flexibility index (Phi) is 4.21. The Morgan fingerprint density at radius 3 is 1.94 bits per heavy atom. The van der Waals surface area contributed by atoms with Crippen molar-refractivity contribution in [3.05, 3.63) is 28.8 Å². The van der Waals surface area contributed by atoms with Gasteiger partial charge in [-0.15, -0.1) is 0 Å². The second-order valence-corrected chi connectivity index (χ2v) is 5.92. The molecule has 0 heterocycles. The van der Waals surface area contributed by atoms with Crippen molar-refractivity contribution in [3.63, 3.8) is 0 Å². The van der Waals surface area contributed by atoms with Crippen molar-refractivity contribution in [1.29, 1.82) is 0 Å². The third kappa shape index (κ3) is 3.22. The first-order chi connectivity index (χ1) is 7.77. The van der Waals surface area contributed by atoms with Crippen molar-refractivity contribution >= 4 is 5.69 Å². The summed E-state index contributed by atoms with van der Waals surface area (Å²) in [4.78, 5) is 2.26. The molecule has 0 amide bonds. The maximum atomic E-state index is 3.19. The van der Waals surface area contributed by atoms with E-state index < -0.39 is 0 Å². The van der Waals surface area contributed by atoms with Crippen LogP contribution in [0.15, 0.2) is 12.1 Å². The highest BCUT2D eigenvalue weighted by atomic mass is 15.2. The van der Waals surface area contributed by atoms with E-state index in [1.165, 1.54) is 22.4 Å². The van der Waals surface area contributed by atoms with Crippen LogP contribution in [0, 0.1) is 13.8 Å². The monoisotopic (exact) mass is 234 g/mol. The Labute approximate surface area is 106 Å². The molecule has 0 spiro atoms. The normalized spacial score (nSPS) is 11.7. The number of hydrogen-bond donors (Lipinski definition) is 1. The Bertz CT molecular complexity index is 365. The minimum atomic E-state index is 0.218. The minimum absolute atomic E-state index is 0.218. The summed E-state index contributed by atoms with van der Waals surface area (Å²) >= 11 is 0. The van der Waals surface area contributed by atoms with E-state index in [9.17, 15) is 0 Å². The van der Waals surface area contributed by atoms with Crippen LogP contribution < -0.4 is 10.2 Å². The Morgan fingerprint density at radius 2 is 1.59 bits per heavy atom. The summed E-state index contributed by atoms with van der Waals surface area (Å²) in [5.74, 6) is 0. The van der Waals surface area contributed by atoms with Gasteiger partial charge in [-0.05, 0) is 43.0 Å². The molecular formula is C15H26N2. The summed E-state index contributed by atoms with van der Waals surface area (Å²) < 4.78 is 0. The van der Waals surface area contributed by atoms with Gasteiger partial charge in [-0.1, -0.05) is 32.9 Å². The van der Waals surface area contributed by atoms with E-state index in [1.54, 1.807) is 0 Å². The molecule has 0 aromatic heterocycles. The van der Waals surface area contributed by atoms with Crippen LogP contribution in [0.1, 0.15) is 37.5 Å². The molecule has 1 aromatic rings. The van der Waals surface area contributed by atoms with Crippen molar-refractivity contribution in [2.75, 3.05) is 25.7 Å².